The van der Waals surface area contributed by atoms with Gasteiger partial charge in [-0.2, -0.15) is 0 Å². The van der Waals surface area contributed by atoms with Crippen LogP contribution in [0.4, 0.5) is 8.78 Å². The van der Waals surface area contributed by atoms with E-state index in [1.807, 2.05) is 6.07 Å². The Kier molecular flexibility index (Phi) is 10.0. The number of benzene rings is 2. The Balaban J connectivity index is 1.35. The average molecular weight is 579 g/mol. The zero-order valence-electron chi connectivity index (χ0n) is 21.8. The number of carboxylic acids is 1. The van der Waals surface area contributed by atoms with Crippen LogP contribution in [-0.4, -0.2) is 58.6 Å². The summed E-state index contributed by atoms with van der Waals surface area (Å²) in [5, 5.41) is 21.9. The summed E-state index contributed by atoms with van der Waals surface area (Å²) in [6.07, 6.45) is 3.75. The van der Waals surface area contributed by atoms with Gasteiger partial charge < -0.3 is 19.8 Å². The minimum atomic E-state index is -0.880. The quantitative estimate of drug-likeness (QED) is 0.182. The lowest BCUT2D eigenvalue weighted by atomic mass is 9.71. The summed E-state index contributed by atoms with van der Waals surface area (Å²) in [5.74, 6) is -0.713. The van der Waals surface area contributed by atoms with E-state index in [0.29, 0.717) is 58.7 Å². The third-order valence-corrected chi connectivity index (χ3v) is 9.05. The van der Waals surface area contributed by atoms with Gasteiger partial charge in [0, 0.05) is 17.1 Å². The van der Waals surface area contributed by atoms with Crippen molar-refractivity contribution in [2.24, 2.45) is 5.41 Å². The van der Waals surface area contributed by atoms with Crippen molar-refractivity contribution < 1.29 is 28.5 Å². The van der Waals surface area contributed by atoms with E-state index in [1.54, 1.807) is 19.2 Å². The van der Waals surface area contributed by atoms with Gasteiger partial charge in [0.15, 0.2) is 0 Å². The SMILES string of the molecule is COc1ccc2ncc(Cl)c(C(O)CCC3(CC(=O)O)CCN(CCCSc4c(F)cccc4F)CC3)c2c1. The van der Waals surface area contributed by atoms with Gasteiger partial charge in [-0.25, -0.2) is 8.78 Å². The van der Waals surface area contributed by atoms with Crippen LogP contribution in [-0.2, 0) is 4.79 Å². The summed E-state index contributed by atoms with van der Waals surface area (Å²) in [6.45, 7) is 2.24. The second kappa shape index (κ2) is 13.3. The molecule has 2 N–H and O–H groups in total. The molecule has 0 amide bonds. The maximum Gasteiger partial charge on any atom is 0.303 e. The molecule has 1 unspecified atom stereocenters. The van der Waals surface area contributed by atoms with Crippen LogP contribution in [0.15, 0.2) is 47.5 Å². The van der Waals surface area contributed by atoms with Gasteiger partial charge in [-0.3, -0.25) is 9.78 Å². The number of thioether (sulfide) groups is 1. The van der Waals surface area contributed by atoms with E-state index in [1.165, 1.54) is 36.2 Å². The summed E-state index contributed by atoms with van der Waals surface area (Å²) in [4.78, 5) is 18.5. The maximum atomic E-state index is 13.8. The van der Waals surface area contributed by atoms with Crippen LogP contribution in [0.1, 0.15) is 50.2 Å². The number of rotatable bonds is 12. The molecule has 210 valence electrons. The van der Waals surface area contributed by atoms with Gasteiger partial charge in [-0.15, -0.1) is 11.8 Å². The molecule has 6 nitrogen and oxygen atoms in total. The van der Waals surface area contributed by atoms with Crippen molar-refractivity contribution in [2.45, 2.75) is 49.5 Å². The van der Waals surface area contributed by atoms with E-state index >= 15 is 0 Å². The van der Waals surface area contributed by atoms with Gasteiger partial charge in [-0.1, -0.05) is 17.7 Å². The molecule has 0 aliphatic carbocycles. The van der Waals surface area contributed by atoms with Crippen molar-refractivity contribution in [2.75, 3.05) is 32.5 Å². The number of fused-ring (bicyclic) bond motifs is 1. The summed E-state index contributed by atoms with van der Waals surface area (Å²) in [7, 11) is 1.57. The molecule has 0 saturated carbocycles. The van der Waals surface area contributed by atoms with E-state index in [9.17, 15) is 23.8 Å². The van der Waals surface area contributed by atoms with Crippen molar-refractivity contribution in [1.29, 1.82) is 0 Å². The molecule has 0 radical (unpaired) electrons. The number of methoxy groups -OCH3 is 1. The highest BCUT2D eigenvalue weighted by atomic mass is 35.5. The van der Waals surface area contributed by atoms with Crippen LogP contribution in [0.3, 0.4) is 0 Å². The lowest BCUT2D eigenvalue weighted by molar-refractivity contribution is -0.141. The molecule has 4 rings (SSSR count). The Morgan fingerprint density at radius 2 is 1.95 bits per heavy atom. The summed E-state index contributed by atoms with van der Waals surface area (Å²) in [6, 6.07) is 9.29. The molecule has 1 aliphatic heterocycles. The van der Waals surface area contributed by atoms with Gasteiger partial charge in [0.05, 0.1) is 35.1 Å². The second-order valence-corrected chi connectivity index (χ2v) is 11.6. The van der Waals surface area contributed by atoms with E-state index in [-0.39, 0.29) is 11.3 Å². The van der Waals surface area contributed by atoms with Crippen molar-refractivity contribution in [1.82, 2.24) is 9.88 Å². The molecule has 1 aromatic heterocycles. The average Bonchev–Trinajstić information content (AvgIpc) is 2.91. The minimum absolute atomic E-state index is 0.0363. The number of carbonyl (C=O) groups is 1. The van der Waals surface area contributed by atoms with Gasteiger partial charge in [0.25, 0.3) is 0 Å². The fourth-order valence-electron chi connectivity index (χ4n) is 5.39. The molecule has 1 aliphatic rings. The number of aliphatic carboxylic acids is 1. The van der Waals surface area contributed by atoms with Crippen LogP contribution in [0, 0.1) is 17.0 Å². The fourth-order valence-corrected chi connectivity index (χ4v) is 6.56. The molecule has 1 atom stereocenters. The number of halogens is 3. The maximum absolute atomic E-state index is 13.8. The van der Waals surface area contributed by atoms with Crippen LogP contribution >= 0.6 is 23.4 Å². The first-order valence-electron chi connectivity index (χ1n) is 13.0. The molecular weight excluding hydrogens is 546 g/mol. The standard InChI is InChI=1S/C29H33ClF2N2O4S/c1-38-19-6-7-24-20(16-19)27(21(30)18-33-24)25(35)8-9-29(17-26(36)37)10-13-34(14-11-29)12-3-15-39-28-22(31)4-2-5-23(28)32/h2,4-7,16,18,25,35H,3,8-15,17H2,1H3,(H,36,37). The molecule has 0 bridgehead atoms. The van der Waals surface area contributed by atoms with Crippen molar-refractivity contribution in [3.05, 3.63) is 64.8 Å². The topological polar surface area (TPSA) is 82.9 Å². The first-order valence-corrected chi connectivity index (χ1v) is 14.4. The summed E-state index contributed by atoms with van der Waals surface area (Å²) >= 11 is 7.64. The van der Waals surface area contributed by atoms with Crippen molar-refractivity contribution in [3.8, 4) is 5.75 Å². The summed E-state index contributed by atoms with van der Waals surface area (Å²) < 4.78 is 33.0. The fraction of sp³-hybridized carbons (Fsp3) is 0.448. The highest BCUT2D eigenvalue weighted by Crippen LogP contribution is 2.43. The Labute approximate surface area is 236 Å². The molecule has 39 heavy (non-hydrogen) atoms. The highest BCUT2D eigenvalue weighted by Gasteiger charge is 2.37. The smallest absolute Gasteiger partial charge is 0.303 e. The predicted octanol–water partition coefficient (Wildman–Crippen LogP) is 6.73. The third-order valence-electron chi connectivity index (χ3n) is 7.58. The highest BCUT2D eigenvalue weighted by molar-refractivity contribution is 7.99. The Morgan fingerprint density at radius 1 is 1.23 bits per heavy atom. The first kappa shape index (κ1) is 29.5. The van der Waals surface area contributed by atoms with Gasteiger partial charge in [-0.05, 0) is 93.2 Å². The predicted molar refractivity (Wildman–Crippen MR) is 150 cm³/mol. The first-order chi connectivity index (χ1) is 18.7. The van der Waals surface area contributed by atoms with E-state index in [0.717, 1.165) is 26.1 Å². The Morgan fingerprint density at radius 3 is 2.62 bits per heavy atom. The molecule has 3 aromatic rings. The number of aliphatic hydroxyl groups excluding tert-OH is 1. The number of carboxylic acid groups (broad SMARTS) is 1. The van der Waals surface area contributed by atoms with Crippen LogP contribution in [0.5, 0.6) is 5.75 Å². The van der Waals surface area contributed by atoms with Crippen LogP contribution < -0.4 is 4.74 Å². The van der Waals surface area contributed by atoms with Gasteiger partial charge in [0.1, 0.15) is 17.4 Å². The lowest BCUT2D eigenvalue weighted by Crippen LogP contribution is -2.41. The van der Waals surface area contributed by atoms with Gasteiger partial charge >= 0.3 is 5.97 Å². The van der Waals surface area contributed by atoms with Crippen LogP contribution in [0.2, 0.25) is 5.02 Å². The molecule has 10 heteroatoms. The molecule has 2 heterocycles. The number of nitrogens with zero attached hydrogens (tertiary/aromatic N) is 2. The molecule has 2 aromatic carbocycles. The largest absolute Gasteiger partial charge is 0.497 e. The number of hydrogen-bond donors (Lipinski definition) is 2. The number of pyridine rings is 1. The molecular formula is C29H33ClF2N2O4S. The van der Waals surface area contributed by atoms with E-state index in [4.69, 9.17) is 16.3 Å². The van der Waals surface area contributed by atoms with Crippen molar-refractivity contribution in [3.63, 3.8) is 0 Å². The minimum Gasteiger partial charge on any atom is -0.497 e. The monoisotopic (exact) mass is 578 g/mol. The Hall–Kier alpha value is -2.46. The number of ether oxygens (including phenoxy) is 1. The Bertz CT molecular complexity index is 1280. The zero-order valence-corrected chi connectivity index (χ0v) is 23.4. The van der Waals surface area contributed by atoms with Crippen LogP contribution in [0.25, 0.3) is 10.9 Å². The third kappa shape index (κ3) is 7.39. The number of aliphatic hydroxyl groups is 1. The van der Waals surface area contributed by atoms with Gasteiger partial charge in [0.2, 0.25) is 0 Å². The number of aromatic nitrogens is 1. The van der Waals surface area contributed by atoms with E-state index < -0.39 is 29.1 Å². The number of likely N-dealkylation sites (tertiary alicyclic amines) is 1. The van der Waals surface area contributed by atoms with E-state index in [2.05, 4.69) is 9.88 Å². The van der Waals surface area contributed by atoms with Crippen molar-refractivity contribution >= 4 is 40.2 Å². The number of piperidine rings is 1. The zero-order chi connectivity index (χ0) is 28.0. The number of hydrogen-bond acceptors (Lipinski definition) is 6. The molecule has 1 fully saturated rings. The summed E-state index contributed by atoms with van der Waals surface area (Å²) in [5.41, 5.74) is 0.840. The molecule has 0 spiro atoms. The molecule has 1 saturated heterocycles. The lowest BCUT2D eigenvalue weighted by Gasteiger charge is -2.41. The second-order valence-electron chi connectivity index (χ2n) is 10.1. The normalized spacial score (nSPS) is 16.3.